The average molecular weight is 850 g/mol. The van der Waals surface area contributed by atoms with Gasteiger partial charge in [-0.05, 0) is 127 Å². The van der Waals surface area contributed by atoms with Gasteiger partial charge in [0, 0.05) is 44.4 Å². The highest BCUT2D eigenvalue weighted by Crippen LogP contribution is 2.53. The van der Waals surface area contributed by atoms with Gasteiger partial charge in [-0.3, -0.25) is 0 Å². The monoisotopic (exact) mass is 849 g/mol. The largest absolute Gasteiger partial charge is 0.469 e. The van der Waals surface area contributed by atoms with E-state index in [9.17, 15) is 0 Å². The maximum atomic E-state index is 7.17. The van der Waals surface area contributed by atoms with E-state index >= 15 is 0 Å². The van der Waals surface area contributed by atoms with Crippen molar-refractivity contribution in [1.82, 2.24) is 0 Å². The Labute approximate surface area is 388 Å². The van der Waals surface area contributed by atoms with Gasteiger partial charge in [0.15, 0.2) is 0 Å². The Morgan fingerprint density at radius 1 is 0.530 bits per heavy atom. The summed E-state index contributed by atoms with van der Waals surface area (Å²) in [6.45, 7) is 13.8. The van der Waals surface area contributed by atoms with Gasteiger partial charge in [-0.15, -0.1) is 0 Å². The van der Waals surface area contributed by atoms with E-state index < -0.39 is 0 Å². The van der Waals surface area contributed by atoms with Gasteiger partial charge >= 0.3 is 0 Å². The molecule has 0 atom stereocenters. The van der Waals surface area contributed by atoms with Crippen molar-refractivity contribution >= 4 is 68.6 Å². The summed E-state index contributed by atoms with van der Waals surface area (Å²) in [4.78, 5) is 2.50. The highest BCUT2D eigenvalue weighted by Gasteiger charge is 2.38. The molecule has 1 aliphatic heterocycles. The lowest BCUT2D eigenvalue weighted by atomic mass is 9.61. The Bertz CT molecular complexity index is 3540. The van der Waals surface area contributed by atoms with Crippen LogP contribution in [0.25, 0.3) is 66.2 Å². The molecule has 12 rings (SSSR count). The number of hydrogen-bond donors (Lipinski definition) is 1. The molecule has 10 aromatic rings. The number of hydrogen-bond acceptors (Lipinski definition) is 3. The van der Waals surface area contributed by atoms with Crippen LogP contribution in [-0.2, 0) is 10.8 Å². The van der Waals surface area contributed by atoms with Crippen LogP contribution in [-0.4, -0.2) is 7.28 Å². The molecule has 9 aromatic carbocycles. The normalized spacial score (nSPS) is 13.5. The van der Waals surface area contributed by atoms with Gasteiger partial charge < -0.3 is 14.6 Å². The van der Waals surface area contributed by atoms with Crippen LogP contribution in [0.2, 0.25) is 0 Å². The highest BCUT2D eigenvalue weighted by atomic mass is 16.3. The van der Waals surface area contributed by atoms with Gasteiger partial charge in [-0.2, -0.15) is 0 Å². The molecule has 0 spiro atoms. The van der Waals surface area contributed by atoms with Crippen LogP contribution in [0.1, 0.15) is 56.9 Å². The standard InChI is InChI=1S/C62H50BN2O/c1-38-33-51(50-36-49-46-23-15-16-24-52(46)62(5,6)53(49)37-54(50)64-44-29-25-40(26-30-44)39-17-9-7-10-18-39)57-56(34-38)65(55-32-28-43(61(2,3)4)35-48(55)41-19-11-8-12-20-41)58-47-31-27-42-21-13-14-22-45(42)59(47)66-60(58)63-57/h7-37,64H,1-6H3. The SMILES string of the molecule is Cc1cc(-c2cc3c(cc2Nc2ccc(-c4ccccc4)cc2)C(C)(C)c2ccccc2-3)c2c(c1)N(c1ccc(C(C)(C)C)cc1-c1ccccc1)c1c(oc3c1ccc1ccccc13)[B]2. The molecule has 2 aliphatic rings. The number of aryl methyl sites for hydroxylation is 1. The second-order valence-corrected chi connectivity index (χ2v) is 19.7. The Morgan fingerprint density at radius 3 is 2.00 bits per heavy atom. The molecular formula is C62H50BN2O. The molecule has 66 heavy (non-hydrogen) atoms. The van der Waals surface area contributed by atoms with Crippen LogP contribution in [0.15, 0.2) is 192 Å². The molecule has 317 valence electrons. The van der Waals surface area contributed by atoms with Crippen LogP contribution in [0.5, 0.6) is 0 Å². The molecule has 0 bridgehead atoms. The Kier molecular flexibility index (Phi) is 9.09. The first kappa shape index (κ1) is 40.0. The van der Waals surface area contributed by atoms with Gasteiger partial charge in [0.2, 0.25) is 7.28 Å². The molecule has 1 N–H and O–H groups in total. The van der Waals surface area contributed by atoms with Crippen molar-refractivity contribution in [2.24, 2.45) is 0 Å². The minimum Gasteiger partial charge on any atom is -0.469 e. The van der Waals surface area contributed by atoms with E-state index in [0.717, 1.165) is 72.4 Å². The third-order valence-electron chi connectivity index (χ3n) is 14.1. The van der Waals surface area contributed by atoms with Gasteiger partial charge in [-0.1, -0.05) is 174 Å². The number of anilines is 5. The zero-order valence-corrected chi connectivity index (χ0v) is 38.3. The molecule has 2 heterocycles. The number of furan rings is 1. The molecule has 4 heteroatoms. The number of benzene rings is 9. The van der Waals surface area contributed by atoms with E-state index in [1.807, 2.05) is 0 Å². The summed E-state index contributed by atoms with van der Waals surface area (Å²) in [6, 6.07) is 68.9. The fourth-order valence-corrected chi connectivity index (χ4v) is 10.7. The van der Waals surface area contributed by atoms with Gasteiger partial charge in [-0.25, -0.2) is 0 Å². The molecule has 0 saturated carbocycles. The zero-order valence-electron chi connectivity index (χ0n) is 38.3. The predicted molar refractivity (Wildman–Crippen MR) is 280 cm³/mol. The molecule has 0 saturated heterocycles. The first-order valence-corrected chi connectivity index (χ1v) is 23.2. The van der Waals surface area contributed by atoms with Crippen molar-refractivity contribution in [2.45, 2.75) is 52.4 Å². The molecule has 1 radical (unpaired) electrons. The second-order valence-electron chi connectivity index (χ2n) is 19.7. The number of nitrogens with zero attached hydrogens (tertiary/aromatic N) is 1. The first-order valence-electron chi connectivity index (χ1n) is 23.2. The van der Waals surface area contributed by atoms with Gasteiger partial charge in [0.1, 0.15) is 5.58 Å². The lowest BCUT2D eigenvalue weighted by Gasteiger charge is -2.35. The number of nitrogens with one attached hydrogen (secondary N) is 1. The van der Waals surface area contributed by atoms with E-state index in [2.05, 4.69) is 247 Å². The first-order chi connectivity index (χ1) is 32.0. The Hall–Kier alpha value is -7.56. The quantitative estimate of drug-likeness (QED) is 0.169. The van der Waals surface area contributed by atoms with Crippen molar-refractivity contribution in [3.05, 3.63) is 210 Å². The van der Waals surface area contributed by atoms with Crippen molar-refractivity contribution in [3.8, 4) is 44.5 Å². The third kappa shape index (κ3) is 6.42. The van der Waals surface area contributed by atoms with Crippen LogP contribution >= 0.6 is 0 Å². The summed E-state index contributed by atoms with van der Waals surface area (Å²) in [5.41, 5.74) is 22.8. The molecule has 0 fully saturated rings. The average Bonchev–Trinajstić information content (AvgIpc) is 3.82. The zero-order chi connectivity index (χ0) is 44.9. The van der Waals surface area contributed by atoms with Crippen molar-refractivity contribution in [1.29, 1.82) is 0 Å². The second kappa shape index (κ2) is 15.0. The maximum absolute atomic E-state index is 7.17. The van der Waals surface area contributed by atoms with Gasteiger partial charge in [0.25, 0.3) is 0 Å². The van der Waals surface area contributed by atoms with E-state index in [4.69, 9.17) is 4.42 Å². The summed E-state index contributed by atoms with van der Waals surface area (Å²) in [5.74, 6) is 0. The molecule has 1 aliphatic carbocycles. The summed E-state index contributed by atoms with van der Waals surface area (Å²) < 4.78 is 7.17. The number of rotatable bonds is 6. The van der Waals surface area contributed by atoms with Crippen LogP contribution < -0.4 is 21.3 Å². The third-order valence-corrected chi connectivity index (χ3v) is 14.1. The summed E-state index contributed by atoms with van der Waals surface area (Å²) >= 11 is 0. The minimum absolute atomic E-state index is 0.0438. The van der Waals surface area contributed by atoms with Crippen molar-refractivity contribution < 1.29 is 4.42 Å². The Morgan fingerprint density at radius 2 is 1.23 bits per heavy atom. The fraction of sp³-hybridized carbons (Fsp3) is 0.129. The fourth-order valence-electron chi connectivity index (χ4n) is 10.7. The Balaban J connectivity index is 1.12. The summed E-state index contributed by atoms with van der Waals surface area (Å²) in [6.07, 6.45) is 0. The maximum Gasteiger partial charge on any atom is 0.247 e. The highest BCUT2D eigenvalue weighted by molar-refractivity contribution is 6.73. The lowest BCUT2D eigenvalue weighted by molar-refractivity contribution is 0.590. The molecular weight excluding hydrogens is 800 g/mol. The minimum atomic E-state index is -0.175. The molecule has 1 aromatic heterocycles. The van der Waals surface area contributed by atoms with Crippen LogP contribution in [0.4, 0.5) is 28.4 Å². The lowest BCUT2D eigenvalue weighted by Crippen LogP contribution is -2.40. The van der Waals surface area contributed by atoms with Crippen LogP contribution in [0, 0.1) is 6.92 Å². The van der Waals surface area contributed by atoms with Crippen molar-refractivity contribution in [2.75, 3.05) is 10.2 Å². The molecule has 3 nitrogen and oxygen atoms in total. The number of fused-ring (bicyclic) bond motifs is 9. The summed E-state index contributed by atoms with van der Waals surface area (Å²) in [7, 11) is 2.31. The topological polar surface area (TPSA) is 28.4 Å². The van der Waals surface area contributed by atoms with Crippen molar-refractivity contribution in [3.63, 3.8) is 0 Å². The van der Waals surface area contributed by atoms with Crippen LogP contribution in [0.3, 0.4) is 0 Å². The molecule has 0 amide bonds. The van der Waals surface area contributed by atoms with E-state index in [1.54, 1.807) is 0 Å². The van der Waals surface area contributed by atoms with E-state index in [1.165, 1.54) is 55.6 Å². The predicted octanol–water partition coefficient (Wildman–Crippen LogP) is 15.7. The molecule has 0 unspecified atom stereocenters. The van der Waals surface area contributed by atoms with Gasteiger partial charge in [0.05, 0.1) is 17.0 Å². The van der Waals surface area contributed by atoms with E-state index in [0.29, 0.717) is 0 Å². The smallest absolute Gasteiger partial charge is 0.247 e. The summed E-state index contributed by atoms with van der Waals surface area (Å²) in [5, 5.41) is 7.33. The van der Waals surface area contributed by atoms with E-state index in [-0.39, 0.29) is 10.8 Å².